The highest BCUT2D eigenvalue weighted by Crippen LogP contribution is 2.43. The van der Waals surface area contributed by atoms with Gasteiger partial charge in [-0.2, -0.15) is 18.7 Å². The van der Waals surface area contributed by atoms with E-state index in [1.165, 1.54) is 30.5 Å². The SMILES string of the molecule is Oc1cc(-c2ncc3c(N4CC5CCC(C4)N5)nc(OC[C@]45CCCN4CC(=C(F)F)C5)nc3c2F)c2c(F)cccc2c1. The quantitative estimate of drug-likeness (QED) is 0.287. The van der Waals surface area contributed by atoms with E-state index in [-0.39, 0.29) is 71.1 Å². The van der Waals surface area contributed by atoms with Crippen molar-refractivity contribution in [2.24, 2.45) is 0 Å². The van der Waals surface area contributed by atoms with Gasteiger partial charge in [0.25, 0.3) is 6.08 Å². The third kappa shape index (κ3) is 4.45. The van der Waals surface area contributed by atoms with Gasteiger partial charge in [0.2, 0.25) is 0 Å². The third-order valence-electron chi connectivity index (χ3n) is 9.73. The van der Waals surface area contributed by atoms with Crippen LogP contribution < -0.4 is 15.0 Å². The molecule has 0 amide bonds. The van der Waals surface area contributed by atoms with E-state index in [4.69, 9.17) is 9.72 Å². The van der Waals surface area contributed by atoms with Crippen LogP contribution in [-0.2, 0) is 0 Å². The van der Waals surface area contributed by atoms with E-state index in [2.05, 4.69) is 20.2 Å². The minimum absolute atomic E-state index is 0.0451. The van der Waals surface area contributed by atoms with Gasteiger partial charge in [0.1, 0.15) is 35.2 Å². The maximum atomic E-state index is 16.6. The fraction of sp³-hybridized carbons (Fsp3) is 0.406. The summed E-state index contributed by atoms with van der Waals surface area (Å²) in [5, 5.41) is 14.9. The van der Waals surface area contributed by atoms with E-state index in [9.17, 15) is 13.9 Å². The molecule has 8 rings (SSSR count). The Hall–Kier alpha value is -4.03. The van der Waals surface area contributed by atoms with Crippen molar-refractivity contribution in [2.75, 3.05) is 37.7 Å². The zero-order chi connectivity index (χ0) is 30.2. The Bertz CT molecular complexity index is 1840. The lowest BCUT2D eigenvalue weighted by Crippen LogP contribution is -2.51. The van der Waals surface area contributed by atoms with Crippen LogP contribution in [0.3, 0.4) is 0 Å². The van der Waals surface area contributed by atoms with Gasteiger partial charge in [0.05, 0.1) is 10.9 Å². The second-order valence-electron chi connectivity index (χ2n) is 12.5. The molecule has 0 radical (unpaired) electrons. The molecule has 4 aliphatic heterocycles. The third-order valence-corrected chi connectivity index (χ3v) is 9.73. The largest absolute Gasteiger partial charge is 0.508 e. The molecule has 4 saturated heterocycles. The Morgan fingerprint density at radius 3 is 2.73 bits per heavy atom. The van der Waals surface area contributed by atoms with E-state index < -0.39 is 23.3 Å². The fourth-order valence-electron chi connectivity index (χ4n) is 7.70. The minimum atomic E-state index is -1.64. The van der Waals surface area contributed by atoms with Crippen molar-refractivity contribution in [2.45, 2.75) is 49.7 Å². The van der Waals surface area contributed by atoms with Crippen molar-refractivity contribution in [1.29, 1.82) is 0 Å². The number of phenols is 1. The predicted molar refractivity (Wildman–Crippen MR) is 157 cm³/mol. The summed E-state index contributed by atoms with van der Waals surface area (Å²) < 4.78 is 64.9. The lowest BCUT2D eigenvalue weighted by Gasteiger charge is -2.34. The maximum absolute atomic E-state index is 16.6. The van der Waals surface area contributed by atoms with Crippen LogP contribution in [0.25, 0.3) is 32.9 Å². The van der Waals surface area contributed by atoms with Gasteiger partial charge in [-0.3, -0.25) is 9.88 Å². The van der Waals surface area contributed by atoms with Gasteiger partial charge in [0, 0.05) is 54.4 Å². The standard InChI is InChI=1S/C32H30F4N6O2/c33-24-4-1-3-17-9-21(43)10-22(25(17)24)27-26(34)28-23(12-37-27)30(41-14-19-5-6-20(15-41)38-19)40-31(39-28)44-16-32-7-2-8-42(32)13-18(11-32)29(35)36/h1,3-4,9-10,12,19-20,38,43H,2,5-8,11,13-16H2/t19?,20?,32-/m1/s1. The average Bonchev–Trinajstić information content (AvgIpc) is 3.67. The highest BCUT2D eigenvalue weighted by Gasteiger charge is 2.48. The first-order valence-electron chi connectivity index (χ1n) is 15.0. The second kappa shape index (κ2) is 10.3. The number of aromatic nitrogens is 3. The maximum Gasteiger partial charge on any atom is 0.319 e. The van der Waals surface area contributed by atoms with Crippen LogP contribution in [0.1, 0.15) is 32.1 Å². The number of piperazine rings is 1. The van der Waals surface area contributed by atoms with Crippen molar-refractivity contribution in [3.63, 3.8) is 0 Å². The van der Waals surface area contributed by atoms with Crippen LogP contribution >= 0.6 is 0 Å². The molecule has 8 nitrogen and oxygen atoms in total. The Balaban J connectivity index is 1.25. The summed E-state index contributed by atoms with van der Waals surface area (Å²) in [4.78, 5) is 17.8. The van der Waals surface area contributed by atoms with Crippen LogP contribution in [0.2, 0.25) is 0 Å². The zero-order valence-corrected chi connectivity index (χ0v) is 23.8. The molecule has 4 aliphatic rings. The Labute approximate surface area is 250 Å². The molecule has 6 heterocycles. The summed E-state index contributed by atoms with van der Waals surface area (Å²) >= 11 is 0. The number of ether oxygens (including phenoxy) is 1. The molecule has 2 bridgehead atoms. The Morgan fingerprint density at radius 2 is 1.93 bits per heavy atom. The molecule has 2 aromatic carbocycles. The number of fused-ring (bicyclic) bond motifs is 5. The highest BCUT2D eigenvalue weighted by molar-refractivity contribution is 6.00. The number of halogens is 4. The lowest BCUT2D eigenvalue weighted by molar-refractivity contribution is 0.108. The molecule has 228 valence electrons. The van der Waals surface area contributed by atoms with Crippen molar-refractivity contribution in [3.05, 3.63) is 59.8 Å². The molecule has 4 aromatic rings. The topological polar surface area (TPSA) is 86.6 Å². The van der Waals surface area contributed by atoms with E-state index in [1.54, 1.807) is 6.07 Å². The number of nitrogens with zero attached hydrogens (tertiary/aromatic N) is 5. The predicted octanol–water partition coefficient (Wildman–Crippen LogP) is 5.54. The molecule has 0 aliphatic carbocycles. The minimum Gasteiger partial charge on any atom is -0.508 e. The zero-order valence-electron chi connectivity index (χ0n) is 23.8. The van der Waals surface area contributed by atoms with Crippen molar-refractivity contribution in [3.8, 4) is 23.0 Å². The molecule has 12 heteroatoms. The molecule has 2 aromatic heterocycles. The number of phenolic OH excluding ortho intramolecular Hbond substituents is 1. The first-order chi connectivity index (χ1) is 21.3. The molecule has 4 fully saturated rings. The molecular formula is C32H30F4N6O2. The van der Waals surface area contributed by atoms with Crippen LogP contribution in [0.4, 0.5) is 23.4 Å². The first-order valence-corrected chi connectivity index (χ1v) is 15.0. The summed E-state index contributed by atoms with van der Waals surface area (Å²) in [6, 6.07) is 7.62. The van der Waals surface area contributed by atoms with Gasteiger partial charge in [-0.15, -0.1) is 0 Å². The monoisotopic (exact) mass is 606 g/mol. The van der Waals surface area contributed by atoms with Gasteiger partial charge in [0.15, 0.2) is 5.82 Å². The van der Waals surface area contributed by atoms with E-state index >= 15 is 8.78 Å². The van der Waals surface area contributed by atoms with Gasteiger partial charge in [-0.05, 0) is 62.2 Å². The highest BCUT2D eigenvalue weighted by atomic mass is 19.3. The summed E-state index contributed by atoms with van der Waals surface area (Å²) in [5.74, 6) is -1.04. The number of benzene rings is 2. The number of pyridine rings is 1. The normalized spacial score (nSPS) is 24.9. The molecule has 2 N–H and O–H groups in total. The summed E-state index contributed by atoms with van der Waals surface area (Å²) in [6.45, 7) is 2.32. The molecule has 0 spiro atoms. The van der Waals surface area contributed by atoms with E-state index in [0.717, 1.165) is 19.3 Å². The molecular weight excluding hydrogens is 576 g/mol. The molecule has 3 atom stereocenters. The van der Waals surface area contributed by atoms with Crippen LogP contribution in [0.5, 0.6) is 11.8 Å². The number of rotatable bonds is 5. The van der Waals surface area contributed by atoms with Gasteiger partial charge < -0.3 is 20.1 Å². The van der Waals surface area contributed by atoms with Crippen molar-refractivity contribution < 1.29 is 27.4 Å². The molecule has 44 heavy (non-hydrogen) atoms. The summed E-state index contributed by atoms with van der Waals surface area (Å²) in [5.41, 5.74) is -0.581. The Morgan fingerprint density at radius 1 is 1.11 bits per heavy atom. The van der Waals surface area contributed by atoms with Crippen LogP contribution in [0, 0.1) is 11.6 Å². The van der Waals surface area contributed by atoms with E-state index in [0.29, 0.717) is 42.6 Å². The lowest BCUT2D eigenvalue weighted by atomic mass is 9.94. The molecule has 0 saturated carbocycles. The smallest absolute Gasteiger partial charge is 0.319 e. The van der Waals surface area contributed by atoms with Gasteiger partial charge in [-0.1, -0.05) is 12.1 Å². The summed E-state index contributed by atoms with van der Waals surface area (Å²) in [7, 11) is 0. The number of anilines is 1. The average molecular weight is 607 g/mol. The number of hydrogen-bond acceptors (Lipinski definition) is 8. The first kappa shape index (κ1) is 27.5. The van der Waals surface area contributed by atoms with E-state index in [1.807, 2.05) is 4.90 Å². The Kier molecular flexibility index (Phi) is 6.42. The summed E-state index contributed by atoms with van der Waals surface area (Å²) in [6.07, 6.45) is 3.67. The van der Waals surface area contributed by atoms with Crippen molar-refractivity contribution >= 4 is 27.5 Å². The second-order valence-corrected chi connectivity index (χ2v) is 12.5. The van der Waals surface area contributed by atoms with Crippen molar-refractivity contribution in [1.82, 2.24) is 25.2 Å². The van der Waals surface area contributed by atoms with Gasteiger partial charge >= 0.3 is 6.01 Å². The number of aromatic hydroxyl groups is 1. The fourth-order valence-corrected chi connectivity index (χ4v) is 7.70. The van der Waals surface area contributed by atoms with Gasteiger partial charge in [-0.25, -0.2) is 8.78 Å². The van der Waals surface area contributed by atoms with Crippen LogP contribution in [0.15, 0.2) is 48.2 Å². The van der Waals surface area contributed by atoms with Crippen LogP contribution in [-0.4, -0.2) is 75.4 Å². The number of nitrogens with one attached hydrogen (secondary N) is 1. The molecule has 2 unspecified atom stereocenters. The number of hydrogen-bond donors (Lipinski definition) is 2.